The van der Waals surface area contributed by atoms with Gasteiger partial charge in [-0.1, -0.05) is 36.4 Å². The second-order valence-electron chi connectivity index (χ2n) is 5.21. The predicted molar refractivity (Wildman–Crippen MR) is 57.8 cm³/mol. The number of ether oxygens (including phenoxy) is 2. The molecule has 0 radical (unpaired) electrons. The second kappa shape index (κ2) is 2.41. The number of fused-ring (bicyclic) bond motifs is 12. The van der Waals surface area contributed by atoms with Gasteiger partial charge < -0.3 is 9.47 Å². The van der Waals surface area contributed by atoms with E-state index < -0.39 is 0 Å². The summed E-state index contributed by atoms with van der Waals surface area (Å²) in [5.74, 6) is 1.13. The molecule has 1 aromatic carbocycles. The van der Waals surface area contributed by atoms with Crippen molar-refractivity contribution in [3.05, 3.63) is 47.5 Å². The molecule has 0 saturated carbocycles. The van der Waals surface area contributed by atoms with Crippen LogP contribution in [-0.2, 0) is 9.47 Å². The quantitative estimate of drug-likeness (QED) is 0.615. The van der Waals surface area contributed by atoms with Crippen LogP contribution < -0.4 is 0 Å². The fraction of sp³-hybridized carbons (Fsp3) is 0.429. The van der Waals surface area contributed by atoms with Crippen LogP contribution in [0.2, 0.25) is 0 Å². The summed E-state index contributed by atoms with van der Waals surface area (Å²) in [5, 5.41) is 0. The van der Waals surface area contributed by atoms with E-state index in [4.69, 9.17) is 9.47 Å². The molecule has 16 heavy (non-hydrogen) atoms. The maximum atomic E-state index is 6.17. The zero-order valence-electron chi connectivity index (χ0n) is 8.74. The van der Waals surface area contributed by atoms with E-state index in [1.165, 1.54) is 11.1 Å². The summed E-state index contributed by atoms with van der Waals surface area (Å²) >= 11 is 0. The molecule has 0 unspecified atom stereocenters. The Morgan fingerprint density at radius 3 is 1.88 bits per heavy atom. The van der Waals surface area contributed by atoms with Crippen molar-refractivity contribution in [2.45, 2.75) is 24.4 Å². The molecule has 80 valence electrons. The van der Waals surface area contributed by atoms with Crippen molar-refractivity contribution in [3.8, 4) is 0 Å². The Labute approximate surface area is 93.9 Å². The lowest BCUT2D eigenvalue weighted by molar-refractivity contribution is -0.00569. The van der Waals surface area contributed by atoms with E-state index in [1.54, 1.807) is 0 Å². The zero-order chi connectivity index (χ0) is 10.3. The van der Waals surface area contributed by atoms with Crippen LogP contribution in [0, 0.1) is 11.8 Å². The van der Waals surface area contributed by atoms with Crippen LogP contribution in [0.15, 0.2) is 36.4 Å². The first kappa shape index (κ1) is 8.04. The van der Waals surface area contributed by atoms with Gasteiger partial charge in [-0.2, -0.15) is 0 Å². The number of rotatable bonds is 0. The van der Waals surface area contributed by atoms with Gasteiger partial charge in [-0.3, -0.25) is 0 Å². The van der Waals surface area contributed by atoms with Gasteiger partial charge in [-0.25, -0.2) is 0 Å². The van der Waals surface area contributed by atoms with E-state index in [0.29, 0.717) is 24.0 Å². The van der Waals surface area contributed by atoms with E-state index in [1.807, 2.05) is 0 Å². The molecule has 4 aliphatic heterocycles. The number of benzene rings is 1. The number of hydrogen-bond donors (Lipinski definition) is 0. The minimum absolute atomic E-state index is 0.283. The Kier molecular flexibility index (Phi) is 1.21. The van der Waals surface area contributed by atoms with Crippen molar-refractivity contribution in [3.63, 3.8) is 0 Å². The summed E-state index contributed by atoms with van der Waals surface area (Å²) in [6, 6.07) is 8.65. The third kappa shape index (κ3) is 0.702. The van der Waals surface area contributed by atoms with Crippen molar-refractivity contribution in [1.82, 2.24) is 0 Å². The molecule has 0 N–H and O–H groups in total. The molecule has 4 aliphatic rings. The van der Waals surface area contributed by atoms with Crippen molar-refractivity contribution in [2.75, 3.05) is 0 Å². The minimum Gasteiger partial charge on any atom is -0.366 e. The molecule has 2 heteroatoms. The summed E-state index contributed by atoms with van der Waals surface area (Å²) in [4.78, 5) is 0. The monoisotopic (exact) mass is 212 g/mol. The lowest BCUT2D eigenvalue weighted by Crippen LogP contribution is -2.28. The fourth-order valence-electron chi connectivity index (χ4n) is 4.05. The van der Waals surface area contributed by atoms with E-state index in [0.717, 1.165) is 0 Å². The molecule has 6 atom stereocenters. The zero-order valence-corrected chi connectivity index (χ0v) is 8.74. The highest BCUT2D eigenvalue weighted by Gasteiger charge is 2.62. The molecule has 0 aromatic heterocycles. The highest BCUT2D eigenvalue weighted by molar-refractivity contribution is 5.42. The average Bonchev–Trinajstić information content (AvgIpc) is 3.07. The minimum atomic E-state index is 0.283. The van der Waals surface area contributed by atoms with Crippen LogP contribution in [0.25, 0.3) is 0 Å². The molecule has 2 nitrogen and oxygen atoms in total. The third-order valence-corrected chi connectivity index (χ3v) is 4.61. The molecular formula is C14H12O2. The van der Waals surface area contributed by atoms with Gasteiger partial charge in [0.25, 0.3) is 0 Å². The van der Waals surface area contributed by atoms with E-state index in [2.05, 4.69) is 36.4 Å². The third-order valence-electron chi connectivity index (χ3n) is 4.61. The molecule has 4 heterocycles. The van der Waals surface area contributed by atoms with Crippen molar-refractivity contribution in [2.24, 2.45) is 11.8 Å². The van der Waals surface area contributed by atoms with Crippen LogP contribution >= 0.6 is 0 Å². The summed E-state index contributed by atoms with van der Waals surface area (Å²) in [6.07, 6.45) is 5.62. The van der Waals surface area contributed by atoms with Gasteiger partial charge in [0.15, 0.2) is 0 Å². The van der Waals surface area contributed by atoms with Crippen LogP contribution in [0.1, 0.15) is 23.3 Å². The van der Waals surface area contributed by atoms with Crippen molar-refractivity contribution >= 4 is 0 Å². The van der Waals surface area contributed by atoms with Gasteiger partial charge in [0.2, 0.25) is 0 Å². The molecular weight excluding hydrogens is 200 g/mol. The van der Waals surface area contributed by atoms with E-state index in [9.17, 15) is 0 Å². The smallest absolute Gasteiger partial charge is 0.0898 e. The van der Waals surface area contributed by atoms with Gasteiger partial charge in [-0.15, -0.1) is 0 Å². The Balaban J connectivity index is 1.73. The highest BCUT2D eigenvalue weighted by atomic mass is 16.5. The molecule has 0 spiro atoms. The summed E-state index contributed by atoms with van der Waals surface area (Å²) in [6.45, 7) is 0. The normalized spacial score (nSPS) is 49.8. The van der Waals surface area contributed by atoms with Crippen LogP contribution in [0.3, 0.4) is 0 Å². The number of hydrogen-bond acceptors (Lipinski definition) is 2. The van der Waals surface area contributed by atoms with Crippen LogP contribution in [-0.4, -0.2) is 12.2 Å². The van der Waals surface area contributed by atoms with Crippen molar-refractivity contribution < 1.29 is 9.47 Å². The Hall–Kier alpha value is -1.12. The fourth-order valence-corrected chi connectivity index (χ4v) is 4.05. The first-order valence-electron chi connectivity index (χ1n) is 6.01. The first-order valence-corrected chi connectivity index (χ1v) is 6.01. The maximum absolute atomic E-state index is 6.17. The van der Waals surface area contributed by atoms with Gasteiger partial charge in [0, 0.05) is 11.8 Å². The average molecular weight is 212 g/mol. The van der Waals surface area contributed by atoms with E-state index in [-0.39, 0.29) is 12.2 Å². The van der Waals surface area contributed by atoms with Crippen LogP contribution in [0.4, 0.5) is 0 Å². The van der Waals surface area contributed by atoms with Gasteiger partial charge >= 0.3 is 0 Å². The molecule has 2 saturated heterocycles. The standard InChI is InChI=1S/C14H12O2/c1-2-4-8-7(3-1)13-11-9-5-6-10(15-9)12(11)14(8)16-13/h1-6,9-14H/t9-,10+,11+,12-,13-,14+. The molecule has 5 rings (SSSR count). The van der Waals surface area contributed by atoms with E-state index >= 15 is 0 Å². The van der Waals surface area contributed by atoms with Gasteiger partial charge in [0.05, 0.1) is 24.4 Å². The Bertz CT molecular complexity index is 464. The molecule has 0 amide bonds. The molecule has 1 aromatic rings. The summed E-state index contributed by atoms with van der Waals surface area (Å²) < 4.78 is 12.1. The van der Waals surface area contributed by atoms with Gasteiger partial charge in [0.1, 0.15) is 0 Å². The highest BCUT2D eigenvalue weighted by Crippen LogP contribution is 2.64. The Morgan fingerprint density at radius 2 is 1.31 bits per heavy atom. The second-order valence-corrected chi connectivity index (χ2v) is 5.21. The largest absolute Gasteiger partial charge is 0.366 e. The Morgan fingerprint density at radius 1 is 0.750 bits per heavy atom. The first-order chi connectivity index (χ1) is 7.93. The maximum Gasteiger partial charge on any atom is 0.0898 e. The SMILES string of the molecule is C1=C[C@H]2O[C@@H]1[C@@H]1[C@H]2[C@@H]2O[C@H]1c1ccccc12. The molecule has 0 aliphatic carbocycles. The van der Waals surface area contributed by atoms with Crippen molar-refractivity contribution in [1.29, 1.82) is 0 Å². The lowest BCUT2D eigenvalue weighted by Gasteiger charge is -2.27. The predicted octanol–water partition coefficient (Wildman–Crippen LogP) is 2.38. The lowest BCUT2D eigenvalue weighted by atomic mass is 9.71. The topological polar surface area (TPSA) is 18.5 Å². The summed E-state index contributed by atoms with van der Waals surface area (Å²) in [5.41, 5.74) is 2.80. The summed E-state index contributed by atoms with van der Waals surface area (Å²) in [7, 11) is 0. The van der Waals surface area contributed by atoms with Crippen LogP contribution in [0.5, 0.6) is 0 Å². The molecule has 2 fully saturated rings. The molecule has 4 bridgehead atoms. The van der Waals surface area contributed by atoms with Gasteiger partial charge in [-0.05, 0) is 11.1 Å².